The third-order valence-corrected chi connectivity index (χ3v) is 7.32. The SMILES string of the molecule is O=C(Nc1ccc2c(c1)oc1ccccc12)c1cc(S(=O)(=O)N2CCOCC2)ccc1F. The first-order valence-corrected chi connectivity index (χ1v) is 11.5. The van der Waals surface area contributed by atoms with Crippen LogP contribution in [-0.2, 0) is 14.8 Å². The third kappa shape index (κ3) is 3.64. The van der Waals surface area contributed by atoms with Crippen LogP contribution in [0.5, 0.6) is 0 Å². The van der Waals surface area contributed by atoms with Gasteiger partial charge in [-0.1, -0.05) is 18.2 Å². The fraction of sp³-hybridized carbons (Fsp3) is 0.174. The number of nitrogens with one attached hydrogen (secondary N) is 1. The van der Waals surface area contributed by atoms with Gasteiger partial charge in [0.1, 0.15) is 17.0 Å². The second-order valence-electron chi connectivity index (χ2n) is 7.42. The number of furan rings is 1. The second kappa shape index (κ2) is 8.01. The van der Waals surface area contributed by atoms with Gasteiger partial charge in [-0.3, -0.25) is 4.79 Å². The molecule has 0 unspecified atom stereocenters. The first-order chi connectivity index (χ1) is 15.4. The van der Waals surface area contributed by atoms with E-state index in [4.69, 9.17) is 9.15 Å². The topological polar surface area (TPSA) is 88.8 Å². The third-order valence-electron chi connectivity index (χ3n) is 5.43. The summed E-state index contributed by atoms with van der Waals surface area (Å²) < 4.78 is 52.4. The van der Waals surface area contributed by atoms with Crippen LogP contribution in [0.1, 0.15) is 10.4 Å². The Balaban J connectivity index is 1.44. The number of hydrogen-bond acceptors (Lipinski definition) is 5. The van der Waals surface area contributed by atoms with E-state index in [0.29, 0.717) is 11.3 Å². The van der Waals surface area contributed by atoms with Gasteiger partial charge < -0.3 is 14.5 Å². The number of rotatable bonds is 4. The minimum Gasteiger partial charge on any atom is -0.456 e. The summed E-state index contributed by atoms with van der Waals surface area (Å²) in [6.45, 7) is 0.994. The molecule has 1 aliphatic heterocycles. The van der Waals surface area contributed by atoms with Crippen LogP contribution in [0, 0.1) is 5.82 Å². The Morgan fingerprint density at radius 3 is 2.50 bits per heavy atom. The molecule has 3 aromatic carbocycles. The van der Waals surface area contributed by atoms with Crippen molar-refractivity contribution in [2.45, 2.75) is 4.90 Å². The van der Waals surface area contributed by atoms with Crippen molar-refractivity contribution in [2.75, 3.05) is 31.6 Å². The predicted octanol–water partition coefficient (Wildman–Crippen LogP) is 4.00. The molecule has 9 heteroatoms. The summed E-state index contributed by atoms with van der Waals surface area (Å²) in [5.74, 6) is -1.56. The molecule has 1 saturated heterocycles. The van der Waals surface area contributed by atoms with E-state index in [-0.39, 0.29) is 36.8 Å². The molecule has 1 aliphatic rings. The van der Waals surface area contributed by atoms with Gasteiger partial charge in [-0.15, -0.1) is 0 Å². The maximum Gasteiger partial charge on any atom is 0.258 e. The number of ether oxygens (including phenoxy) is 1. The average molecular weight is 454 g/mol. The average Bonchev–Trinajstić information content (AvgIpc) is 3.17. The van der Waals surface area contributed by atoms with Gasteiger partial charge in [0.05, 0.1) is 23.7 Å². The van der Waals surface area contributed by atoms with E-state index in [1.807, 2.05) is 30.3 Å². The smallest absolute Gasteiger partial charge is 0.258 e. The summed E-state index contributed by atoms with van der Waals surface area (Å²) in [7, 11) is -3.86. The van der Waals surface area contributed by atoms with Crippen molar-refractivity contribution < 1.29 is 26.8 Å². The summed E-state index contributed by atoms with van der Waals surface area (Å²) in [5.41, 5.74) is 1.34. The number of hydrogen-bond donors (Lipinski definition) is 1. The monoisotopic (exact) mass is 454 g/mol. The number of amides is 1. The molecule has 0 saturated carbocycles. The van der Waals surface area contributed by atoms with E-state index in [9.17, 15) is 17.6 Å². The number of anilines is 1. The van der Waals surface area contributed by atoms with Crippen LogP contribution >= 0.6 is 0 Å². The van der Waals surface area contributed by atoms with Gasteiger partial charge in [-0.2, -0.15) is 4.31 Å². The molecular weight excluding hydrogens is 435 g/mol. The van der Waals surface area contributed by atoms with Crippen LogP contribution in [0.4, 0.5) is 10.1 Å². The molecule has 1 N–H and O–H groups in total. The summed E-state index contributed by atoms with van der Waals surface area (Å²) in [6, 6.07) is 15.9. The molecule has 2 heterocycles. The number of carbonyl (C=O) groups is 1. The molecule has 1 aromatic heterocycles. The lowest BCUT2D eigenvalue weighted by Crippen LogP contribution is -2.40. The molecule has 0 atom stereocenters. The zero-order valence-corrected chi connectivity index (χ0v) is 17.7. The molecule has 4 aromatic rings. The van der Waals surface area contributed by atoms with Crippen molar-refractivity contribution in [3.63, 3.8) is 0 Å². The standard InChI is InChI=1S/C23H19FN2O5S/c24-20-8-6-16(32(28,29)26-9-11-30-12-10-26)14-19(20)23(27)25-15-5-7-18-17-3-1-2-4-21(17)31-22(18)13-15/h1-8,13-14H,9-12H2,(H,25,27). The Kier molecular flexibility index (Phi) is 5.16. The molecule has 32 heavy (non-hydrogen) atoms. The van der Waals surface area contributed by atoms with Gasteiger partial charge >= 0.3 is 0 Å². The molecular formula is C23H19FN2O5S. The summed E-state index contributed by atoms with van der Waals surface area (Å²) >= 11 is 0. The van der Waals surface area contributed by atoms with E-state index in [1.165, 1.54) is 4.31 Å². The van der Waals surface area contributed by atoms with Crippen molar-refractivity contribution in [2.24, 2.45) is 0 Å². The fourth-order valence-corrected chi connectivity index (χ4v) is 5.21. The van der Waals surface area contributed by atoms with Gasteiger partial charge in [0, 0.05) is 35.6 Å². The maximum absolute atomic E-state index is 14.4. The first-order valence-electron chi connectivity index (χ1n) is 10.0. The van der Waals surface area contributed by atoms with Crippen LogP contribution in [0.2, 0.25) is 0 Å². The van der Waals surface area contributed by atoms with Crippen molar-refractivity contribution in [1.82, 2.24) is 4.31 Å². The van der Waals surface area contributed by atoms with Crippen molar-refractivity contribution in [3.8, 4) is 0 Å². The highest BCUT2D eigenvalue weighted by Gasteiger charge is 2.28. The number of benzene rings is 3. The molecule has 0 spiro atoms. The minimum atomic E-state index is -3.86. The molecule has 0 aliphatic carbocycles. The lowest BCUT2D eigenvalue weighted by atomic mass is 10.1. The number of carbonyl (C=O) groups excluding carboxylic acids is 1. The largest absolute Gasteiger partial charge is 0.456 e. The molecule has 164 valence electrons. The molecule has 0 radical (unpaired) electrons. The number of para-hydroxylation sites is 1. The zero-order valence-electron chi connectivity index (χ0n) is 16.9. The highest BCUT2D eigenvalue weighted by atomic mass is 32.2. The lowest BCUT2D eigenvalue weighted by Gasteiger charge is -2.26. The molecule has 1 fully saturated rings. The molecule has 7 nitrogen and oxygen atoms in total. The fourth-order valence-electron chi connectivity index (χ4n) is 3.78. The van der Waals surface area contributed by atoms with Gasteiger partial charge in [-0.05, 0) is 36.4 Å². The highest BCUT2D eigenvalue weighted by Crippen LogP contribution is 2.30. The van der Waals surface area contributed by atoms with Crippen LogP contribution < -0.4 is 5.32 Å². The molecule has 5 rings (SSSR count). The van der Waals surface area contributed by atoms with E-state index in [0.717, 1.165) is 34.6 Å². The number of halogens is 1. The van der Waals surface area contributed by atoms with Crippen molar-refractivity contribution in [1.29, 1.82) is 0 Å². The second-order valence-corrected chi connectivity index (χ2v) is 9.36. The summed E-state index contributed by atoms with van der Waals surface area (Å²) in [6.07, 6.45) is 0. The number of fused-ring (bicyclic) bond motifs is 3. The van der Waals surface area contributed by atoms with Crippen molar-refractivity contribution >= 4 is 43.6 Å². The van der Waals surface area contributed by atoms with Gasteiger partial charge in [-0.25, -0.2) is 12.8 Å². The Morgan fingerprint density at radius 1 is 0.938 bits per heavy atom. The highest BCUT2D eigenvalue weighted by molar-refractivity contribution is 7.89. The summed E-state index contributed by atoms with van der Waals surface area (Å²) in [4.78, 5) is 12.6. The Bertz CT molecular complexity index is 1440. The Hall–Kier alpha value is -3.27. The summed E-state index contributed by atoms with van der Waals surface area (Å²) in [5, 5.41) is 4.47. The lowest BCUT2D eigenvalue weighted by molar-refractivity contribution is 0.0730. The van der Waals surface area contributed by atoms with E-state index in [1.54, 1.807) is 12.1 Å². The maximum atomic E-state index is 14.4. The minimum absolute atomic E-state index is 0.140. The Labute approximate surface area is 183 Å². The number of sulfonamides is 1. The van der Waals surface area contributed by atoms with E-state index in [2.05, 4.69) is 5.32 Å². The van der Waals surface area contributed by atoms with E-state index < -0.39 is 21.7 Å². The van der Waals surface area contributed by atoms with Crippen LogP contribution in [0.15, 0.2) is 70.0 Å². The number of nitrogens with zero attached hydrogens (tertiary/aromatic N) is 1. The quantitative estimate of drug-likeness (QED) is 0.504. The van der Waals surface area contributed by atoms with Crippen molar-refractivity contribution in [3.05, 3.63) is 72.0 Å². The van der Waals surface area contributed by atoms with E-state index >= 15 is 0 Å². The van der Waals surface area contributed by atoms with Gasteiger partial charge in [0.2, 0.25) is 10.0 Å². The van der Waals surface area contributed by atoms with Crippen LogP contribution in [0.25, 0.3) is 21.9 Å². The zero-order chi connectivity index (χ0) is 22.3. The van der Waals surface area contributed by atoms with Gasteiger partial charge in [0.25, 0.3) is 5.91 Å². The Morgan fingerprint density at radius 2 is 1.69 bits per heavy atom. The molecule has 1 amide bonds. The normalized spacial score (nSPS) is 15.3. The van der Waals surface area contributed by atoms with Crippen LogP contribution in [-0.4, -0.2) is 44.9 Å². The number of morpholine rings is 1. The van der Waals surface area contributed by atoms with Crippen LogP contribution in [0.3, 0.4) is 0 Å². The predicted molar refractivity (Wildman–Crippen MR) is 118 cm³/mol. The molecule has 0 bridgehead atoms. The first kappa shape index (κ1) is 20.6. The van der Waals surface area contributed by atoms with Gasteiger partial charge in [0.15, 0.2) is 0 Å².